The number of hydrogen-bond donors (Lipinski definition) is 5. The first-order valence-corrected chi connectivity index (χ1v) is 5.29. The van der Waals surface area contributed by atoms with Crippen LogP contribution in [0.2, 0.25) is 0 Å². The maximum Gasteiger partial charge on any atom is 0.429 e. The first-order chi connectivity index (χ1) is 7.88. The van der Waals surface area contributed by atoms with E-state index in [-0.39, 0.29) is 12.2 Å². The van der Waals surface area contributed by atoms with E-state index in [1.54, 1.807) is 6.92 Å². The van der Waals surface area contributed by atoms with Crippen molar-refractivity contribution in [1.82, 2.24) is 0 Å². The van der Waals surface area contributed by atoms with Crippen LogP contribution in [0.15, 0.2) is 0 Å². The third kappa shape index (κ3) is 3.01. The van der Waals surface area contributed by atoms with Crippen LogP contribution in [-0.2, 0) is 9.22 Å². The average molecular weight is 249 g/mol. The van der Waals surface area contributed by atoms with E-state index in [4.69, 9.17) is 14.6 Å². The molecule has 0 spiro atoms. The number of carboxylic acids is 1. The zero-order valence-electron chi connectivity index (χ0n) is 9.35. The second-order valence-electron chi connectivity index (χ2n) is 4.18. The van der Waals surface area contributed by atoms with Gasteiger partial charge in [0.1, 0.15) is 6.10 Å². The Morgan fingerprint density at radius 2 is 2.12 bits per heavy atom. The summed E-state index contributed by atoms with van der Waals surface area (Å²) in [6.07, 6.45) is -5.08. The smallest absolute Gasteiger partial charge is 0.429 e. The van der Waals surface area contributed by atoms with Crippen LogP contribution in [0, 0.1) is 5.92 Å². The number of aliphatic carboxylic acids is 1. The maximum absolute atomic E-state index is 10.7. The lowest BCUT2D eigenvalue weighted by Gasteiger charge is -2.26. The number of aliphatic hydroxyl groups excluding tert-OH is 4. The van der Waals surface area contributed by atoms with Crippen LogP contribution in [0.4, 0.5) is 0 Å². The molecule has 1 heterocycles. The monoisotopic (exact) mass is 249 g/mol. The largest absolute Gasteiger partial charge is 0.472 e. The predicted octanol–water partition coefficient (Wildman–Crippen LogP) is -2.34. The third-order valence-corrected chi connectivity index (χ3v) is 2.95. The van der Waals surface area contributed by atoms with E-state index >= 15 is 0 Å². The van der Waals surface area contributed by atoms with E-state index in [2.05, 4.69) is 0 Å². The van der Waals surface area contributed by atoms with Crippen LogP contribution >= 0.6 is 0 Å². The van der Waals surface area contributed by atoms with Gasteiger partial charge in [-0.25, -0.2) is 9.22 Å². The van der Waals surface area contributed by atoms with Gasteiger partial charge in [0, 0.05) is 0 Å². The summed E-state index contributed by atoms with van der Waals surface area (Å²) < 4.78 is 5.05. The Morgan fingerprint density at radius 3 is 2.59 bits per heavy atom. The lowest BCUT2D eigenvalue weighted by atomic mass is 9.87. The Labute approximate surface area is 97.6 Å². The minimum atomic E-state index is -1.46. The fraction of sp³-hybridized carbons (Fsp3) is 0.800. The minimum Gasteiger partial charge on any atom is -0.472 e. The second kappa shape index (κ2) is 5.54. The number of carbonyl (C=O) groups excluding carboxylic acids is 1. The summed E-state index contributed by atoms with van der Waals surface area (Å²) in [5.74, 6) is -2.22. The van der Waals surface area contributed by atoms with Crippen molar-refractivity contribution in [2.45, 2.75) is 37.8 Å². The molecular weight excluding hydrogens is 232 g/mol. The van der Waals surface area contributed by atoms with E-state index in [1.807, 2.05) is 0 Å². The van der Waals surface area contributed by atoms with E-state index in [0.29, 0.717) is 0 Å². The van der Waals surface area contributed by atoms with Crippen LogP contribution in [-0.4, -0.2) is 68.3 Å². The molecule has 3 unspecified atom stereocenters. The van der Waals surface area contributed by atoms with Crippen LogP contribution in [0.5, 0.6) is 0 Å². The molecule has 1 aliphatic heterocycles. The fourth-order valence-electron chi connectivity index (χ4n) is 1.76. The van der Waals surface area contributed by atoms with Crippen LogP contribution in [0.25, 0.3) is 0 Å². The van der Waals surface area contributed by atoms with Gasteiger partial charge in [0.25, 0.3) is 0 Å². The number of aliphatic hydroxyl groups is 4. The molecule has 5 N–H and O–H groups in total. The van der Waals surface area contributed by atoms with Gasteiger partial charge in [0.2, 0.25) is 0 Å². The highest BCUT2D eigenvalue weighted by molar-refractivity contribution is 6.33. The molecule has 5 atom stereocenters. The van der Waals surface area contributed by atoms with Gasteiger partial charge >= 0.3 is 17.9 Å². The molecule has 0 fully saturated rings. The molecule has 0 aromatic heterocycles. The van der Waals surface area contributed by atoms with Crippen molar-refractivity contribution < 1.29 is 34.8 Å². The molecule has 0 radical (unpaired) electrons. The van der Waals surface area contributed by atoms with Gasteiger partial charge < -0.3 is 25.5 Å². The Morgan fingerprint density at radius 1 is 1.53 bits per heavy atom. The maximum atomic E-state index is 10.7. The molecule has 17 heavy (non-hydrogen) atoms. The minimum absolute atomic E-state index is 0.144. The zero-order valence-corrected chi connectivity index (χ0v) is 9.35. The highest BCUT2D eigenvalue weighted by Crippen LogP contribution is 2.22. The van der Waals surface area contributed by atoms with Crippen molar-refractivity contribution in [2.24, 2.45) is 5.92 Å². The molecule has 0 aromatic rings. The zero-order chi connectivity index (χ0) is 13.2. The first-order valence-electron chi connectivity index (χ1n) is 5.29. The molecule has 0 bridgehead atoms. The summed E-state index contributed by atoms with van der Waals surface area (Å²) in [6.45, 7) is 0.896. The normalized spacial score (nSPS) is 32.8. The molecule has 7 heteroatoms. The van der Waals surface area contributed by atoms with Crippen LogP contribution in [0.3, 0.4) is 0 Å². The van der Waals surface area contributed by atoms with E-state index in [1.165, 1.54) is 0 Å². The summed E-state index contributed by atoms with van der Waals surface area (Å²) in [4.78, 5) is 10.7. The number of carbonyl (C=O) groups is 1. The Kier molecular flexibility index (Phi) is 4.58. The molecule has 0 amide bonds. The van der Waals surface area contributed by atoms with E-state index in [0.717, 1.165) is 0 Å². The van der Waals surface area contributed by atoms with Crippen LogP contribution < -0.4 is 0 Å². The number of rotatable bonds is 4. The standard InChI is InChI=1S/C10H16O7/c1-4-5(12)2-7(10(15)16)17-9(4)8(14)6(13)3-11/h4-6,8-9,11-14H,2-3H2,1H3/p+1/t4?,5?,6-,8-,9?/m1/s1. The fourth-order valence-corrected chi connectivity index (χ4v) is 1.76. The predicted molar refractivity (Wildman–Crippen MR) is 55.3 cm³/mol. The number of hydrogen-bond acceptors (Lipinski definition) is 5. The number of ketones is 1. The summed E-state index contributed by atoms with van der Waals surface area (Å²) in [6, 6.07) is 0. The Hall–Kier alpha value is -1.02. The summed E-state index contributed by atoms with van der Waals surface area (Å²) >= 11 is 0. The first kappa shape index (κ1) is 14.0. The van der Waals surface area contributed by atoms with Gasteiger partial charge in [-0.1, -0.05) is 6.92 Å². The molecule has 1 aliphatic rings. The van der Waals surface area contributed by atoms with Crippen molar-refractivity contribution in [2.75, 3.05) is 6.61 Å². The summed E-state index contributed by atoms with van der Waals surface area (Å²) in [7, 11) is 0. The topological polar surface area (TPSA) is 130 Å². The van der Waals surface area contributed by atoms with Gasteiger partial charge in [0.05, 0.1) is 25.0 Å². The van der Waals surface area contributed by atoms with Gasteiger partial charge in [0.15, 0.2) is 6.10 Å². The van der Waals surface area contributed by atoms with Gasteiger partial charge in [-0.3, -0.25) is 0 Å². The average Bonchev–Trinajstić information content (AvgIpc) is 2.30. The molecule has 0 saturated heterocycles. The Bertz CT molecular complexity index is 314. The van der Waals surface area contributed by atoms with Crippen molar-refractivity contribution in [1.29, 1.82) is 0 Å². The van der Waals surface area contributed by atoms with E-state index in [9.17, 15) is 20.1 Å². The van der Waals surface area contributed by atoms with Crippen LogP contribution in [0.1, 0.15) is 13.3 Å². The van der Waals surface area contributed by atoms with Gasteiger partial charge in [-0.2, -0.15) is 0 Å². The Balaban J connectivity index is 2.94. The third-order valence-electron chi connectivity index (χ3n) is 2.95. The van der Waals surface area contributed by atoms with Crippen molar-refractivity contribution in [3.05, 3.63) is 0 Å². The number of carboxylic acid groups (broad SMARTS) is 1. The lowest BCUT2D eigenvalue weighted by molar-refractivity contribution is -0.539. The molecule has 0 aliphatic carbocycles. The molecule has 98 valence electrons. The summed E-state index contributed by atoms with van der Waals surface area (Å²) in [5.41, 5.74) is 0. The highest BCUT2D eigenvalue weighted by Gasteiger charge is 2.48. The lowest BCUT2D eigenvalue weighted by Crippen LogP contribution is -2.50. The SMILES string of the molecule is CC1C(O)CC(C(=O)O)=[O+]C1[C@H](O)[C@H](O)CO. The quantitative estimate of drug-likeness (QED) is 0.280. The molecule has 7 nitrogen and oxygen atoms in total. The summed E-state index contributed by atoms with van der Waals surface area (Å²) in [5, 5.41) is 46.1. The molecule has 1 rings (SSSR count). The van der Waals surface area contributed by atoms with Crippen molar-refractivity contribution in [3.8, 4) is 0 Å². The van der Waals surface area contributed by atoms with Crippen molar-refractivity contribution in [3.63, 3.8) is 0 Å². The second-order valence-corrected chi connectivity index (χ2v) is 4.18. The van der Waals surface area contributed by atoms with Gasteiger partial charge in [-0.05, 0) is 0 Å². The molecule has 0 aromatic carbocycles. The van der Waals surface area contributed by atoms with E-state index < -0.39 is 42.9 Å². The molecular formula is C10H17O7+. The molecule has 0 saturated carbocycles. The van der Waals surface area contributed by atoms with Crippen molar-refractivity contribution >= 4 is 11.8 Å². The highest BCUT2D eigenvalue weighted by atomic mass is 16.4. The van der Waals surface area contributed by atoms with Gasteiger partial charge in [-0.15, -0.1) is 0 Å².